The van der Waals surface area contributed by atoms with Crippen molar-refractivity contribution in [1.29, 1.82) is 0 Å². The van der Waals surface area contributed by atoms with Gasteiger partial charge in [0.2, 0.25) is 0 Å². The maximum atomic E-state index is 13.4. The molecule has 1 heterocycles. The fourth-order valence-corrected chi connectivity index (χ4v) is 2.39. The first kappa shape index (κ1) is 13.7. The lowest BCUT2D eigenvalue weighted by molar-refractivity contribution is 0.406. The summed E-state index contributed by atoms with van der Waals surface area (Å²) < 4.78 is 25.1. The van der Waals surface area contributed by atoms with Gasteiger partial charge in [-0.25, -0.2) is 9.18 Å². The summed E-state index contributed by atoms with van der Waals surface area (Å²) in [6.07, 6.45) is 0. The summed E-state index contributed by atoms with van der Waals surface area (Å²) in [4.78, 5) is 12.0. The monoisotopic (exact) mass is 307 g/mol. The molecule has 3 aromatic rings. The standard InChI is InChI=1S/C15H11ClFNO3/c1-20-13-5-3-11(17)6-9(13)8-18-12-4-2-10(16)7-14(12)21-15(18)19/h2-7H,8H2,1H3. The topological polar surface area (TPSA) is 44.4 Å². The van der Waals surface area contributed by atoms with Gasteiger partial charge in [0.1, 0.15) is 11.6 Å². The Morgan fingerprint density at radius 1 is 1.29 bits per heavy atom. The zero-order chi connectivity index (χ0) is 15.0. The lowest BCUT2D eigenvalue weighted by atomic mass is 10.2. The van der Waals surface area contributed by atoms with Crippen molar-refractivity contribution in [1.82, 2.24) is 4.57 Å². The Morgan fingerprint density at radius 2 is 2.10 bits per heavy atom. The van der Waals surface area contributed by atoms with Crippen molar-refractivity contribution in [2.75, 3.05) is 7.11 Å². The van der Waals surface area contributed by atoms with Gasteiger partial charge in [-0.2, -0.15) is 0 Å². The second-order valence-electron chi connectivity index (χ2n) is 4.52. The predicted octanol–water partition coefficient (Wildman–Crippen LogP) is 3.44. The van der Waals surface area contributed by atoms with Gasteiger partial charge >= 0.3 is 5.76 Å². The first-order valence-electron chi connectivity index (χ1n) is 6.20. The van der Waals surface area contributed by atoms with Crippen LogP contribution in [0.2, 0.25) is 5.02 Å². The number of aromatic nitrogens is 1. The molecule has 0 amide bonds. The molecule has 1 aromatic heterocycles. The molecule has 0 fully saturated rings. The van der Waals surface area contributed by atoms with Gasteiger partial charge in [-0.05, 0) is 30.3 Å². The van der Waals surface area contributed by atoms with Crippen molar-refractivity contribution >= 4 is 22.7 Å². The number of rotatable bonds is 3. The van der Waals surface area contributed by atoms with Crippen LogP contribution < -0.4 is 10.5 Å². The van der Waals surface area contributed by atoms with E-state index in [1.165, 1.54) is 29.9 Å². The molecule has 108 valence electrons. The molecule has 0 aliphatic carbocycles. The molecule has 0 atom stereocenters. The van der Waals surface area contributed by atoms with Gasteiger partial charge in [-0.1, -0.05) is 11.6 Å². The summed E-state index contributed by atoms with van der Waals surface area (Å²) in [5.41, 5.74) is 1.54. The number of oxazole rings is 1. The number of methoxy groups -OCH3 is 1. The zero-order valence-electron chi connectivity index (χ0n) is 11.1. The molecule has 3 rings (SSSR count). The summed E-state index contributed by atoms with van der Waals surface area (Å²) in [6, 6.07) is 9.08. The molecule has 0 spiro atoms. The third kappa shape index (κ3) is 2.52. The van der Waals surface area contributed by atoms with Crippen LogP contribution in [0.5, 0.6) is 5.75 Å². The van der Waals surface area contributed by atoms with E-state index in [4.69, 9.17) is 20.8 Å². The molecule has 0 radical (unpaired) electrons. The summed E-state index contributed by atoms with van der Waals surface area (Å²) in [5, 5.41) is 0.478. The van der Waals surface area contributed by atoms with E-state index in [-0.39, 0.29) is 6.54 Å². The number of hydrogen-bond donors (Lipinski definition) is 0. The Morgan fingerprint density at radius 3 is 2.86 bits per heavy atom. The molecule has 0 unspecified atom stereocenters. The van der Waals surface area contributed by atoms with Gasteiger partial charge in [0.15, 0.2) is 5.58 Å². The molecule has 0 aliphatic rings. The molecular weight excluding hydrogens is 297 g/mol. The van der Waals surface area contributed by atoms with Crippen LogP contribution in [0.25, 0.3) is 11.1 Å². The minimum Gasteiger partial charge on any atom is -0.496 e. The van der Waals surface area contributed by atoms with E-state index in [0.29, 0.717) is 27.4 Å². The van der Waals surface area contributed by atoms with E-state index in [9.17, 15) is 9.18 Å². The molecule has 4 nitrogen and oxygen atoms in total. The van der Waals surface area contributed by atoms with Gasteiger partial charge in [0.25, 0.3) is 0 Å². The SMILES string of the molecule is COc1ccc(F)cc1Cn1c(=O)oc2cc(Cl)ccc21. The minimum absolute atomic E-state index is 0.147. The Kier molecular flexibility index (Phi) is 3.43. The van der Waals surface area contributed by atoms with Gasteiger partial charge < -0.3 is 9.15 Å². The van der Waals surface area contributed by atoms with Crippen LogP contribution in [-0.2, 0) is 6.54 Å². The van der Waals surface area contributed by atoms with E-state index in [2.05, 4.69) is 0 Å². The maximum Gasteiger partial charge on any atom is 0.420 e. The van der Waals surface area contributed by atoms with E-state index in [0.717, 1.165) is 0 Å². The second-order valence-corrected chi connectivity index (χ2v) is 4.96. The number of ether oxygens (including phenoxy) is 1. The summed E-state index contributed by atoms with van der Waals surface area (Å²) in [5.74, 6) is -0.417. The van der Waals surface area contributed by atoms with Crippen LogP contribution >= 0.6 is 11.6 Å². The number of nitrogens with zero attached hydrogens (tertiary/aromatic N) is 1. The van der Waals surface area contributed by atoms with E-state index >= 15 is 0 Å². The first-order chi connectivity index (χ1) is 10.1. The van der Waals surface area contributed by atoms with E-state index in [1.54, 1.807) is 18.2 Å². The Hall–Kier alpha value is -2.27. The minimum atomic E-state index is -0.529. The highest BCUT2D eigenvalue weighted by molar-refractivity contribution is 6.31. The molecule has 0 saturated heterocycles. The number of fused-ring (bicyclic) bond motifs is 1. The van der Waals surface area contributed by atoms with Gasteiger partial charge in [0, 0.05) is 16.7 Å². The number of benzene rings is 2. The van der Waals surface area contributed by atoms with Crippen LogP contribution in [0.15, 0.2) is 45.6 Å². The van der Waals surface area contributed by atoms with Gasteiger partial charge in [-0.15, -0.1) is 0 Å². The van der Waals surface area contributed by atoms with Crippen molar-refractivity contribution < 1.29 is 13.5 Å². The van der Waals surface area contributed by atoms with Crippen molar-refractivity contribution in [3.63, 3.8) is 0 Å². The van der Waals surface area contributed by atoms with Crippen molar-refractivity contribution in [3.05, 3.63) is 63.4 Å². The van der Waals surface area contributed by atoms with Crippen molar-refractivity contribution in [2.24, 2.45) is 0 Å². The third-order valence-corrected chi connectivity index (χ3v) is 3.44. The van der Waals surface area contributed by atoms with Crippen LogP contribution in [0.4, 0.5) is 4.39 Å². The summed E-state index contributed by atoms with van der Waals surface area (Å²) in [7, 11) is 1.49. The fraction of sp³-hybridized carbons (Fsp3) is 0.133. The highest BCUT2D eigenvalue weighted by Gasteiger charge is 2.13. The summed E-state index contributed by atoms with van der Waals surface area (Å²) >= 11 is 5.87. The second kappa shape index (κ2) is 5.26. The smallest absolute Gasteiger partial charge is 0.420 e. The average Bonchev–Trinajstić information content (AvgIpc) is 2.74. The highest BCUT2D eigenvalue weighted by atomic mass is 35.5. The molecule has 0 aliphatic heterocycles. The normalized spacial score (nSPS) is 11.0. The largest absolute Gasteiger partial charge is 0.496 e. The third-order valence-electron chi connectivity index (χ3n) is 3.20. The molecule has 21 heavy (non-hydrogen) atoms. The zero-order valence-corrected chi connectivity index (χ0v) is 11.9. The Balaban J connectivity index is 2.12. The fourth-order valence-electron chi connectivity index (χ4n) is 2.23. The Labute approximate surface area is 124 Å². The van der Waals surface area contributed by atoms with Crippen molar-refractivity contribution in [2.45, 2.75) is 6.54 Å². The van der Waals surface area contributed by atoms with Crippen LogP contribution in [0, 0.1) is 5.82 Å². The average molecular weight is 308 g/mol. The van der Waals surface area contributed by atoms with Crippen molar-refractivity contribution in [3.8, 4) is 5.75 Å². The van der Waals surface area contributed by atoms with Gasteiger partial charge in [-0.3, -0.25) is 4.57 Å². The molecule has 2 aromatic carbocycles. The van der Waals surface area contributed by atoms with Crippen LogP contribution in [-0.4, -0.2) is 11.7 Å². The quantitative estimate of drug-likeness (QED) is 0.744. The van der Waals surface area contributed by atoms with E-state index < -0.39 is 11.6 Å². The lowest BCUT2D eigenvalue weighted by Gasteiger charge is -2.09. The maximum absolute atomic E-state index is 13.4. The first-order valence-corrected chi connectivity index (χ1v) is 6.57. The summed E-state index contributed by atoms with van der Waals surface area (Å²) in [6.45, 7) is 0.147. The molecular formula is C15H11ClFNO3. The van der Waals surface area contributed by atoms with Gasteiger partial charge in [0.05, 0.1) is 19.2 Å². The molecule has 6 heteroatoms. The number of halogens is 2. The van der Waals surface area contributed by atoms with Crippen LogP contribution in [0.3, 0.4) is 0 Å². The molecule has 0 saturated carbocycles. The lowest BCUT2D eigenvalue weighted by Crippen LogP contribution is -2.15. The predicted molar refractivity (Wildman–Crippen MR) is 77.5 cm³/mol. The molecule has 0 N–H and O–H groups in total. The number of hydrogen-bond acceptors (Lipinski definition) is 3. The van der Waals surface area contributed by atoms with Crippen LogP contribution in [0.1, 0.15) is 5.56 Å². The molecule has 0 bridgehead atoms. The van der Waals surface area contributed by atoms with E-state index in [1.807, 2.05) is 0 Å². The Bertz CT molecular complexity index is 869. The highest BCUT2D eigenvalue weighted by Crippen LogP contribution is 2.23.